The molecule has 0 aliphatic heterocycles. The molecule has 0 aromatic heterocycles. The van der Waals surface area contributed by atoms with Gasteiger partial charge >= 0.3 is 11.9 Å². The molecule has 0 aliphatic carbocycles. The number of benzene rings is 2. The number of hydrogen-bond donors (Lipinski definition) is 0. The number of nitrogens with zero attached hydrogens (tertiary/aromatic N) is 1. The van der Waals surface area contributed by atoms with Gasteiger partial charge in [-0.05, 0) is 31.9 Å². The minimum atomic E-state index is -0.737. The Bertz CT molecular complexity index is 691. The third kappa shape index (κ3) is 6.20. The van der Waals surface area contributed by atoms with Crippen LogP contribution in [0.15, 0.2) is 60.7 Å². The lowest BCUT2D eigenvalue weighted by Crippen LogP contribution is -2.48. The van der Waals surface area contributed by atoms with Crippen molar-refractivity contribution >= 4 is 11.9 Å². The van der Waals surface area contributed by atoms with Crippen molar-refractivity contribution in [1.29, 1.82) is 0 Å². The van der Waals surface area contributed by atoms with Gasteiger partial charge < -0.3 is 9.47 Å². The number of carbonyl (C=O) groups is 2. The fourth-order valence-corrected chi connectivity index (χ4v) is 3.19. The summed E-state index contributed by atoms with van der Waals surface area (Å²) in [4.78, 5) is 27.3. The molecule has 2 atom stereocenters. The minimum absolute atomic E-state index is 0.259. The fraction of sp³-hybridized carbons (Fsp3) is 0.391. The third-order valence-electron chi connectivity index (χ3n) is 4.51. The van der Waals surface area contributed by atoms with Crippen LogP contribution in [0.1, 0.15) is 31.9 Å². The Balaban J connectivity index is 2.37. The molecule has 0 saturated heterocycles. The maximum Gasteiger partial charge on any atom is 0.324 e. The zero-order valence-electron chi connectivity index (χ0n) is 16.8. The molecule has 150 valence electrons. The zero-order chi connectivity index (χ0) is 20.4. The van der Waals surface area contributed by atoms with Crippen LogP contribution in [0.3, 0.4) is 0 Å². The van der Waals surface area contributed by atoms with Crippen LogP contribution in [0.5, 0.6) is 0 Å². The summed E-state index contributed by atoms with van der Waals surface area (Å²) in [6.07, 6.45) is 0. The van der Waals surface area contributed by atoms with E-state index in [1.807, 2.05) is 65.6 Å². The van der Waals surface area contributed by atoms with Crippen LogP contribution in [0.25, 0.3) is 0 Å². The molecule has 2 unspecified atom stereocenters. The average Bonchev–Trinajstić information content (AvgIpc) is 2.70. The van der Waals surface area contributed by atoms with Gasteiger partial charge in [-0.2, -0.15) is 0 Å². The van der Waals surface area contributed by atoms with Gasteiger partial charge in [0.1, 0.15) is 6.04 Å². The molecule has 0 aliphatic rings. The highest BCUT2D eigenvalue weighted by Crippen LogP contribution is 2.21. The largest absolute Gasteiger partial charge is 0.466 e. The standard InChI is InChI=1S/C23H29NO4/c1-4-27-22(25)18(3)21(23(26)28-5-2)24(16-19-12-8-6-9-13-19)17-20-14-10-7-11-15-20/h6-15,18,21H,4-5,16-17H2,1-3H3. The van der Waals surface area contributed by atoms with Crippen LogP contribution in [-0.2, 0) is 32.2 Å². The highest BCUT2D eigenvalue weighted by Gasteiger charge is 2.37. The summed E-state index contributed by atoms with van der Waals surface area (Å²) < 4.78 is 10.5. The lowest BCUT2D eigenvalue weighted by molar-refractivity contribution is -0.162. The van der Waals surface area contributed by atoms with E-state index in [0.29, 0.717) is 13.1 Å². The molecule has 2 aromatic carbocycles. The monoisotopic (exact) mass is 383 g/mol. The van der Waals surface area contributed by atoms with Crippen LogP contribution < -0.4 is 0 Å². The van der Waals surface area contributed by atoms with Crippen LogP contribution in [0.2, 0.25) is 0 Å². The molecule has 0 amide bonds. The smallest absolute Gasteiger partial charge is 0.324 e. The van der Waals surface area contributed by atoms with Gasteiger partial charge in [-0.3, -0.25) is 14.5 Å². The fourth-order valence-electron chi connectivity index (χ4n) is 3.19. The van der Waals surface area contributed by atoms with E-state index in [4.69, 9.17) is 9.47 Å². The first kappa shape index (κ1) is 21.6. The van der Waals surface area contributed by atoms with Gasteiger partial charge in [0.25, 0.3) is 0 Å². The molecule has 28 heavy (non-hydrogen) atoms. The first-order chi connectivity index (χ1) is 13.6. The second kappa shape index (κ2) is 11.2. The normalized spacial score (nSPS) is 13.0. The Kier molecular flexibility index (Phi) is 8.69. The van der Waals surface area contributed by atoms with Gasteiger partial charge in [-0.25, -0.2) is 0 Å². The zero-order valence-corrected chi connectivity index (χ0v) is 16.8. The van der Waals surface area contributed by atoms with Gasteiger partial charge in [0, 0.05) is 13.1 Å². The second-order valence-corrected chi connectivity index (χ2v) is 6.61. The summed E-state index contributed by atoms with van der Waals surface area (Å²) in [5.74, 6) is -1.45. The second-order valence-electron chi connectivity index (χ2n) is 6.61. The SMILES string of the molecule is CCOC(=O)C(C)C(C(=O)OCC)N(Cc1ccccc1)Cc1ccccc1. The number of ether oxygens (including phenoxy) is 2. The summed E-state index contributed by atoms with van der Waals surface area (Å²) in [7, 11) is 0. The highest BCUT2D eigenvalue weighted by molar-refractivity contribution is 5.84. The van der Waals surface area contributed by atoms with Gasteiger partial charge in [0.15, 0.2) is 0 Å². The summed E-state index contributed by atoms with van der Waals surface area (Å²) in [6.45, 7) is 6.82. The van der Waals surface area contributed by atoms with Crippen molar-refractivity contribution in [2.45, 2.75) is 39.9 Å². The van der Waals surface area contributed by atoms with Crippen molar-refractivity contribution < 1.29 is 19.1 Å². The first-order valence-corrected chi connectivity index (χ1v) is 9.72. The molecule has 0 bridgehead atoms. The van der Waals surface area contributed by atoms with Crippen molar-refractivity contribution in [2.75, 3.05) is 13.2 Å². The Morgan fingerprint density at radius 1 is 0.786 bits per heavy atom. The van der Waals surface area contributed by atoms with Crippen LogP contribution in [0.4, 0.5) is 0 Å². The molecule has 0 saturated carbocycles. The Labute approximate surface area is 167 Å². The predicted octanol–water partition coefficient (Wildman–Crippen LogP) is 3.82. The number of esters is 2. The van der Waals surface area contributed by atoms with E-state index >= 15 is 0 Å². The van der Waals surface area contributed by atoms with Gasteiger partial charge in [0.05, 0.1) is 19.1 Å². The minimum Gasteiger partial charge on any atom is -0.466 e. The maximum atomic E-state index is 12.8. The highest BCUT2D eigenvalue weighted by atomic mass is 16.5. The maximum absolute atomic E-state index is 12.8. The van der Waals surface area contributed by atoms with Crippen LogP contribution in [0, 0.1) is 5.92 Å². The van der Waals surface area contributed by atoms with Crippen LogP contribution >= 0.6 is 0 Å². The summed E-state index contributed by atoms with van der Waals surface area (Å²) in [5, 5.41) is 0. The van der Waals surface area contributed by atoms with Gasteiger partial charge in [0.2, 0.25) is 0 Å². The molecule has 5 nitrogen and oxygen atoms in total. The summed E-state index contributed by atoms with van der Waals surface area (Å²) >= 11 is 0. The molecular formula is C23H29NO4. The van der Waals surface area contributed by atoms with E-state index < -0.39 is 23.9 Å². The molecule has 0 heterocycles. The Morgan fingerprint density at radius 3 is 1.64 bits per heavy atom. The average molecular weight is 383 g/mol. The van der Waals surface area contributed by atoms with E-state index in [2.05, 4.69) is 0 Å². The molecule has 0 spiro atoms. The van der Waals surface area contributed by atoms with Crippen molar-refractivity contribution in [2.24, 2.45) is 5.92 Å². The van der Waals surface area contributed by atoms with Gasteiger partial charge in [-0.1, -0.05) is 60.7 Å². The topological polar surface area (TPSA) is 55.8 Å². The quantitative estimate of drug-likeness (QED) is 0.584. The summed E-state index contributed by atoms with van der Waals surface area (Å²) in [5.41, 5.74) is 2.12. The number of rotatable bonds is 10. The molecule has 0 N–H and O–H groups in total. The predicted molar refractivity (Wildman–Crippen MR) is 108 cm³/mol. The molecule has 2 rings (SSSR count). The van der Waals surface area contributed by atoms with E-state index in [0.717, 1.165) is 11.1 Å². The van der Waals surface area contributed by atoms with E-state index in [1.165, 1.54) is 0 Å². The third-order valence-corrected chi connectivity index (χ3v) is 4.51. The number of carbonyl (C=O) groups excluding carboxylic acids is 2. The molecular weight excluding hydrogens is 354 g/mol. The Morgan fingerprint density at radius 2 is 1.21 bits per heavy atom. The van der Waals surface area contributed by atoms with Crippen molar-refractivity contribution in [3.05, 3.63) is 71.8 Å². The van der Waals surface area contributed by atoms with Gasteiger partial charge in [-0.15, -0.1) is 0 Å². The van der Waals surface area contributed by atoms with Crippen molar-refractivity contribution in [1.82, 2.24) is 4.90 Å². The molecule has 5 heteroatoms. The summed E-state index contributed by atoms with van der Waals surface area (Å²) in [6, 6.07) is 19.1. The first-order valence-electron chi connectivity index (χ1n) is 9.72. The van der Waals surface area contributed by atoms with E-state index in [-0.39, 0.29) is 13.2 Å². The molecule has 2 aromatic rings. The molecule has 0 fully saturated rings. The number of hydrogen-bond acceptors (Lipinski definition) is 5. The van der Waals surface area contributed by atoms with Crippen LogP contribution in [-0.4, -0.2) is 36.1 Å². The molecule has 0 radical (unpaired) electrons. The lowest BCUT2D eigenvalue weighted by Gasteiger charge is -2.33. The lowest BCUT2D eigenvalue weighted by atomic mass is 9.98. The van der Waals surface area contributed by atoms with E-state index in [9.17, 15) is 9.59 Å². The van der Waals surface area contributed by atoms with E-state index in [1.54, 1.807) is 20.8 Å². The van der Waals surface area contributed by atoms with Crippen molar-refractivity contribution in [3.8, 4) is 0 Å². The Hall–Kier alpha value is -2.66. The van der Waals surface area contributed by atoms with Crippen molar-refractivity contribution in [3.63, 3.8) is 0 Å².